The van der Waals surface area contributed by atoms with Gasteiger partial charge in [-0.25, -0.2) is 0 Å². The smallest absolute Gasteiger partial charge is 0.240 e. The Kier molecular flexibility index (Phi) is 6.23. The van der Waals surface area contributed by atoms with E-state index in [4.69, 9.17) is 10.2 Å². The standard InChI is InChI=1S/C15H27N3O2/c1-11(2)14(16)15(19)18(9-8-17(4)5)10-13-7-6-12(3)20-13/h6-7,11,14H,8-10,16H2,1-5H3/t14-/m1/s1. The van der Waals surface area contributed by atoms with Crippen LogP contribution in [0.5, 0.6) is 0 Å². The third kappa shape index (κ3) is 4.98. The molecule has 0 aliphatic heterocycles. The fourth-order valence-corrected chi connectivity index (χ4v) is 1.84. The van der Waals surface area contributed by atoms with Crippen molar-refractivity contribution in [1.29, 1.82) is 0 Å². The molecule has 0 fully saturated rings. The molecule has 1 atom stereocenters. The fraction of sp³-hybridized carbons (Fsp3) is 0.667. The van der Waals surface area contributed by atoms with Gasteiger partial charge in [0.15, 0.2) is 0 Å². The lowest BCUT2D eigenvalue weighted by molar-refractivity contribution is -0.134. The number of nitrogens with zero attached hydrogens (tertiary/aromatic N) is 2. The highest BCUT2D eigenvalue weighted by atomic mass is 16.3. The molecule has 0 radical (unpaired) electrons. The zero-order chi connectivity index (χ0) is 15.3. The van der Waals surface area contributed by atoms with Crippen LogP contribution < -0.4 is 5.73 Å². The van der Waals surface area contributed by atoms with Crippen molar-refractivity contribution in [2.24, 2.45) is 11.7 Å². The third-order valence-electron chi connectivity index (χ3n) is 3.27. The SMILES string of the molecule is Cc1ccc(CN(CCN(C)C)C(=O)[C@H](N)C(C)C)o1. The molecule has 0 bridgehead atoms. The van der Waals surface area contributed by atoms with Gasteiger partial charge in [-0.2, -0.15) is 0 Å². The average Bonchev–Trinajstić information content (AvgIpc) is 2.77. The van der Waals surface area contributed by atoms with Crippen molar-refractivity contribution in [3.63, 3.8) is 0 Å². The molecule has 0 aromatic carbocycles. The van der Waals surface area contributed by atoms with Crippen LogP contribution >= 0.6 is 0 Å². The van der Waals surface area contributed by atoms with Crippen LogP contribution in [0.3, 0.4) is 0 Å². The maximum absolute atomic E-state index is 12.4. The lowest BCUT2D eigenvalue weighted by atomic mass is 10.0. The number of carbonyl (C=O) groups is 1. The number of likely N-dealkylation sites (N-methyl/N-ethyl adjacent to an activating group) is 1. The van der Waals surface area contributed by atoms with Gasteiger partial charge < -0.3 is 20.0 Å². The first kappa shape index (κ1) is 16.7. The summed E-state index contributed by atoms with van der Waals surface area (Å²) in [6, 6.07) is 3.35. The predicted molar refractivity (Wildman–Crippen MR) is 80.2 cm³/mol. The largest absolute Gasteiger partial charge is 0.464 e. The molecule has 2 N–H and O–H groups in total. The summed E-state index contributed by atoms with van der Waals surface area (Å²) >= 11 is 0. The lowest BCUT2D eigenvalue weighted by Gasteiger charge is -2.27. The van der Waals surface area contributed by atoms with Crippen LogP contribution in [0.4, 0.5) is 0 Å². The molecule has 0 spiro atoms. The minimum Gasteiger partial charge on any atom is -0.464 e. The van der Waals surface area contributed by atoms with Gasteiger partial charge in [0.2, 0.25) is 5.91 Å². The Morgan fingerprint density at radius 1 is 1.30 bits per heavy atom. The zero-order valence-corrected chi connectivity index (χ0v) is 13.2. The van der Waals surface area contributed by atoms with Crippen LogP contribution in [0.2, 0.25) is 0 Å². The number of aryl methyl sites for hydroxylation is 1. The van der Waals surface area contributed by atoms with Gasteiger partial charge in [-0.05, 0) is 39.1 Å². The van der Waals surface area contributed by atoms with E-state index in [1.54, 1.807) is 4.90 Å². The van der Waals surface area contributed by atoms with Crippen molar-refractivity contribution >= 4 is 5.91 Å². The van der Waals surface area contributed by atoms with E-state index < -0.39 is 6.04 Å². The van der Waals surface area contributed by atoms with Crippen molar-refractivity contribution in [3.8, 4) is 0 Å². The van der Waals surface area contributed by atoms with Gasteiger partial charge in [0.05, 0.1) is 12.6 Å². The second-order valence-electron chi connectivity index (χ2n) is 5.85. The van der Waals surface area contributed by atoms with E-state index in [0.717, 1.165) is 18.1 Å². The van der Waals surface area contributed by atoms with E-state index >= 15 is 0 Å². The van der Waals surface area contributed by atoms with Gasteiger partial charge in [0.1, 0.15) is 11.5 Å². The topological polar surface area (TPSA) is 62.7 Å². The molecule has 1 aromatic rings. The summed E-state index contributed by atoms with van der Waals surface area (Å²) in [5.41, 5.74) is 5.99. The number of rotatable bonds is 7. The summed E-state index contributed by atoms with van der Waals surface area (Å²) in [7, 11) is 3.98. The normalized spacial score (nSPS) is 13.0. The molecule has 0 unspecified atom stereocenters. The highest BCUT2D eigenvalue weighted by Crippen LogP contribution is 2.12. The molecule has 114 valence electrons. The molecule has 1 rings (SSSR count). The number of nitrogens with two attached hydrogens (primary N) is 1. The molecule has 1 amide bonds. The zero-order valence-electron chi connectivity index (χ0n) is 13.2. The van der Waals surface area contributed by atoms with E-state index in [1.165, 1.54) is 0 Å². The summed E-state index contributed by atoms with van der Waals surface area (Å²) < 4.78 is 5.56. The molecule has 20 heavy (non-hydrogen) atoms. The van der Waals surface area contributed by atoms with Crippen molar-refractivity contribution in [2.45, 2.75) is 33.4 Å². The van der Waals surface area contributed by atoms with Crippen LogP contribution in [0.25, 0.3) is 0 Å². The summed E-state index contributed by atoms with van der Waals surface area (Å²) in [5, 5.41) is 0. The van der Waals surface area contributed by atoms with E-state index in [2.05, 4.69) is 4.90 Å². The van der Waals surface area contributed by atoms with Gasteiger partial charge in [-0.3, -0.25) is 4.79 Å². The van der Waals surface area contributed by atoms with Gasteiger partial charge >= 0.3 is 0 Å². The number of amides is 1. The molecule has 0 aliphatic carbocycles. The van der Waals surface area contributed by atoms with Crippen LogP contribution in [0.15, 0.2) is 16.5 Å². The van der Waals surface area contributed by atoms with E-state index in [-0.39, 0.29) is 11.8 Å². The average molecular weight is 281 g/mol. The Bertz CT molecular complexity index is 427. The Morgan fingerprint density at radius 2 is 1.95 bits per heavy atom. The maximum atomic E-state index is 12.4. The third-order valence-corrected chi connectivity index (χ3v) is 3.27. The van der Waals surface area contributed by atoms with Gasteiger partial charge in [0, 0.05) is 13.1 Å². The number of hydrogen-bond donors (Lipinski definition) is 1. The number of furan rings is 1. The second kappa shape index (κ2) is 7.45. The van der Waals surface area contributed by atoms with Gasteiger partial charge in [0.25, 0.3) is 0 Å². The molecule has 0 aliphatic rings. The van der Waals surface area contributed by atoms with Crippen LogP contribution in [-0.4, -0.2) is 48.9 Å². The highest BCUT2D eigenvalue weighted by Gasteiger charge is 2.24. The van der Waals surface area contributed by atoms with Crippen LogP contribution in [0, 0.1) is 12.8 Å². The van der Waals surface area contributed by atoms with Crippen LogP contribution in [-0.2, 0) is 11.3 Å². The Labute approximate surface area is 121 Å². The predicted octanol–water partition coefficient (Wildman–Crippen LogP) is 1.46. The first-order valence-corrected chi connectivity index (χ1v) is 7.05. The molecule has 0 saturated heterocycles. The molecule has 1 heterocycles. The van der Waals surface area contributed by atoms with Crippen molar-refractivity contribution in [3.05, 3.63) is 23.7 Å². The Balaban J connectivity index is 2.76. The molecule has 1 aromatic heterocycles. The minimum atomic E-state index is -0.465. The second-order valence-corrected chi connectivity index (χ2v) is 5.85. The molecular weight excluding hydrogens is 254 g/mol. The number of carbonyl (C=O) groups excluding carboxylic acids is 1. The summed E-state index contributed by atoms with van der Waals surface area (Å²) in [5.74, 6) is 1.76. The van der Waals surface area contributed by atoms with Crippen molar-refractivity contribution < 1.29 is 9.21 Å². The van der Waals surface area contributed by atoms with E-state index in [9.17, 15) is 4.79 Å². The fourth-order valence-electron chi connectivity index (χ4n) is 1.84. The monoisotopic (exact) mass is 281 g/mol. The van der Waals surface area contributed by atoms with Gasteiger partial charge in [-0.1, -0.05) is 13.8 Å². The van der Waals surface area contributed by atoms with Crippen LogP contribution in [0.1, 0.15) is 25.4 Å². The highest BCUT2D eigenvalue weighted by molar-refractivity contribution is 5.81. The maximum Gasteiger partial charge on any atom is 0.240 e. The van der Waals surface area contributed by atoms with Gasteiger partial charge in [-0.15, -0.1) is 0 Å². The molecular formula is C15H27N3O2. The van der Waals surface area contributed by atoms with E-state index in [0.29, 0.717) is 13.1 Å². The quantitative estimate of drug-likeness (QED) is 0.822. The summed E-state index contributed by atoms with van der Waals surface area (Å²) in [6.07, 6.45) is 0. The van der Waals surface area contributed by atoms with Crippen molar-refractivity contribution in [1.82, 2.24) is 9.80 Å². The van der Waals surface area contributed by atoms with E-state index in [1.807, 2.05) is 47.0 Å². The summed E-state index contributed by atoms with van der Waals surface area (Å²) in [6.45, 7) is 7.74. The Hall–Kier alpha value is -1.33. The molecule has 5 nitrogen and oxygen atoms in total. The number of hydrogen-bond acceptors (Lipinski definition) is 4. The lowest BCUT2D eigenvalue weighted by Crippen LogP contribution is -2.47. The Morgan fingerprint density at radius 3 is 2.40 bits per heavy atom. The molecule has 0 saturated carbocycles. The first-order valence-electron chi connectivity index (χ1n) is 7.05. The minimum absolute atomic E-state index is 0.0177. The molecule has 5 heteroatoms. The van der Waals surface area contributed by atoms with Crippen molar-refractivity contribution in [2.75, 3.05) is 27.2 Å². The first-order chi connectivity index (χ1) is 9.31. The summed E-state index contributed by atoms with van der Waals surface area (Å²) in [4.78, 5) is 16.3.